The number of imidazole rings is 1. The van der Waals surface area contributed by atoms with Crippen LogP contribution in [0, 0.1) is 0 Å². The van der Waals surface area contributed by atoms with Gasteiger partial charge in [-0.15, -0.1) is 5.10 Å². The molecular formula is C19H17N5O4. The van der Waals surface area contributed by atoms with Crippen molar-refractivity contribution in [3.63, 3.8) is 0 Å². The number of nitrogens with one attached hydrogen (secondary N) is 1. The van der Waals surface area contributed by atoms with Crippen molar-refractivity contribution in [1.29, 1.82) is 0 Å². The zero-order valence-corrected chi connectivity index (χ0v) is 14.8. The van der Waals surface area contributed by atoms with E-state index in [2.05, 4.69) is 15.4 Å². The molecule has 9 heteroatoms. The number of nitrogens with zero attached hydrogens (tertiary/aromatic N) is 4. The van der Waals surface area contributed by atoms with E-state index in [-0.39, 0.29) is 11.8 Å². The van der Waals surface area contributed by atoms with Gasteiger partial charge in [-0.3, -0.25) is 0 Å². The van der Waals surface area contributed by atoms with E-state index in [1.54, 1.807) is 39.9 Å². The fourth-order valence-electron chi connectivity index (χ4n) is 3.24. The SMILES string of the molecule is O=C1NCCN1CCOc1ccc2ncc(-c3cc4cc(O)ccc4o3)n2n1. The lowest BCUT2D eigenvalue weighted by Gasteiger charge is -2.14. The number of aromatic hydroxyl groups is 1. The maximum atomic E-state index is 11.6. The molecule has 0 saturated carbocycles. The predicted octanol–water partition coefficient (Wildman–Crippen LogP) is 2.25. The van der Waals surface area contributed by atoms with Gasteiger partial charge in [-0.2, -0.15) is 0 Å². The Morgan fingerprint density at radius 1 is 1.25 bits per heavy atom. The monoisotopic (exact) mass is 379 g/mol. The van der Waals surface area contributed by atoms with Crippen molar-refractivity contribution < 1.29 is 19.1 Å². The van der Waals surface area contributed by atoms with Gasteiger partial charge in [0.05, 0.1) is 12.7 Å². The van der Waals surface area contributed by atoms with Gasteiger partial charge in [0, 0.05) is 24.5 Å². The number of phenols is 1. The number of ether oxygens (including phenoxy) is 1. The summed E-state index contributed by atoms with van der Waals surface area (Å²) in [6, 6.07) is 10.3. The summed E-state index contributed by atoms with van der Waals surface area (Å²) in [5.41, 5.74) is 2.00. The molecular weight excluding hydrogens is 362 g/mol. The van der Waals surface area contributed by atoms with Crippen molar-refractivity contribution in [2.24, 2.45) is 0 Å². The predicted molar refractivity (Wildman–Crippen MR) is 100 cm³/mol. The van der Waals surface area contributed by atoms with Crippen molar-refractivity contribution >= 4 is 22.6 Å². The molecule has 28 heavy (non-hydrogen) atoms. The molecule has 0 spiro atoms. The molecule has 0 aliphatic carbocycles. The molecule has 4 heterocycles. The first kappa shape index (κ1) is 16.4. The maximum absolute atomic E-state index is 11.6. The van der Waals surface area contributed by atoms with E-state index in [1.165, 1.54) is 0 Å². The number of rotatable bonds is 5. The minimum absolute atomic E-state index is 0.0696. The molecule has 1 aromatic carbocycles. The van der Waals surface area contributed by atoms with Gasteiger partial charge in [0.2, 0.25) is 5.88 Å². The van der Waals surface area contributed by atoms with Crippen LogP contribution in [0.3, 0.4) is 0 Å². The summed E-state index contributed by atoms with van der Waals surface area (Å²) in [5, 5.41) is 17.7. The maximum Gasteiger partial charge on any atom is 0.317 e. The number of aromatic nitrogens is 3. The number of carbonyl (C=O) groups is 1. The molecule has 4 aromatic rings. The standard InChI is InChI=1S/C19H17N5O4/c25-13-1-2-15-12(9-13)10-16(28-15)14-11-21-17-3-4-18(22-24(14)17)27-8-7-23-6-5-20-19(23)26/h1-4,9-11,25H,5-8H2,(H,20,26). The molecule has 3 aromatic heterocycles. The van der Waals surface area contributed by atoms with Crippen LogP contribution in [0.4, 0.5) is 4.79 Å². The highest BCUT2D eigenvalue weighted by Gasteiger charge is 2.19. The Morgan fingerprint density at radius 2 is 2.18 bits per heavy atom. The Kier molecular flexibility index (Phi) is 3.78. The molecule has 142 valence electrons. The average molecular weight is 379 g/mol. The van der Waals surface area contributed by atoms with Crippen molar-refractivity contribution in [3.05, 3.63) is 42.6 Å². The van der Waals surface area contributed by atoms with E-state index in [9.17, 15) is 9.90 Å². The molecule has 0 bridgehead atoms. The minimum atomic E-state index is -0.0696. The number of hydrogen-bond acceptors (Lipinski definition) is 6. The Bertz CT molecular complexity index is 1180. The number of carbonyl (C=O) groups excluding carboxylic acids is 1. The Morgan fingerprint density at radius 3 is 3.04 bits per heavy atom. The molecule has 5 rings (SSSR count). The summed E-state index contributed by atoms with van der Waals surface area (Å²) in [6.07, 6.45) is 1.68. The van der Waals surface area contributed by atoms with Crippen LogP contribution in [0.25, 0.3) is 28.1 Å². The lowest BCUT2D eigenvalue weighted by atomic mass is 10.2. The van der Waals surface area contributed by atoms with E-state index >= 15 is 0 Å². The second-order valence-corrected chi connectivity index (χ2v) is 6.49. The van der Waals surface area contributed by atoms with E-state index in [1.807, 2.05) is 12.1 Å². The molecule has 1 saturated heterocycles. The summed E-state index contributed by atoms with van der Waals surface area (Å²) < 4.78 is 13.2. The van der Waals surface area contributed by atoms with Crippen molar-refractivity contribution in [3.8, 4) is 23.1 Å². The van der Waals surface area contributed by atoms with Crippen LogP contribution in [0.5, 0.6) is 11.6 Å². The number of benzene rings is 1. The number of urea groups is 1. The second-order valence-electron chi connectivity index (χ2n) is 6.49. The van der Waals surface area contributed by atoms with Gasteiger partial charge in [0.25, 0.3) is 0 Å². The Balaban J connectivity index is 1.40. The fourth-order valence-corrected chi connectivity index (χ4v) is 3.24. The average Bonchev–Trinajstić information content (AvgIpc) is 3.39. The molecule has 0 atom stereocenters. The summed E-state index contributed by atoms with van der Waals surface area (Å²) in [4.78, 5) is 17.6. The van der Waals surface area contributed by atoms with Gasteiger partial charge in [0.1, 0.15) is 23.6 Å². The van der Waals surface area contributed by atoms with E-state index in [0.29, 0.717) is 54.8 Å². The topological polar surface area (TPSA) is 105 Å². The zero-order chi connectivity index (χ0) is 19.1. The van der Waals surface area contributed by atoms with Crippen molar-refractivity contribution in [1.82, 2.24) is 24.8 Å². The summed E-state index contributed by atoms with van der Waals surface area (Å²) in [7, 11) is 0. The van der Waals surface area contributed by atoms with Gasteiger partial charge < -0.3 is 24.5 Å². The van der Waals surface area contributed by atoms with Gasteiger partial charge in [-0.1, -0.05) is 0 Å². The highest BCUT2D eigenvalue weighted by atomic mass is 16.5. The minimum Gasteiger partial charge on any atom is -0.508 e. The smallest absolute Gasteiger partial charge is 0.317 e. The Hall–Kier alpha value is -3.75. The van der Waals surface area contributed by atoms with Crippen LogP contribution in [0.15, 0.2) is 47.0 Å². The summed E-state index contributed by atoms with van der Waals surface area (Å²) >= 11 is 0. The van der Waals surface area contributed by atoms with Crippen LogP contribution < -0.4 is 10.1 Å². The van der Waals surface area contributed by atoms with E-state index < -0.39 is 0 Å². The lowest BCUT2D eigenvalue weighted by Crippen LogP contribution is -2.31. The van der Waals surface area contributed by atoms with Crippen LogP contribution >= 0.6 is 0 Å². The quantitative estimate of drug-likeness (QED) is 0.551. The first-order valence-electron chi connectivity index (χ1n) is 8.91. The van der Waals surface area contributed by atoms with Crippen LogP contribution in [0.2, 0.25) is 0 Å². The zero-order valence-electron chi connectivity index (χ0n) is 14.8. The molecule has 1 aliphatic heterocycles. The number of hydrogen-bond donors (Lipinski definition) is 2. The third kappa shape index (κ3) is 2.86. The fraction of sp³-hybridized carbons (Fsp3) is 0.211. The first-order valence-corrected chi connectivity index (χ1v) is 8.91. The highest BCUT2D eigenvalue weighted by Crippen LogP contribution is 2.30. The first-order chi connectivity index (χ1) is 13.7. The Labute approximate surface area is 159 Å². The third-order valence-corrected chi connectivity index (χ3v) is 4.65. The number of amides is 2. The van der Waals surface area contributed by atoms with Crippen molar-refractivity contribution in [2.75, 3.05) is 26.2 Å². The van der Waals surface area contributed by atoms with Crippen LogP contribution in [0.1, 0.15) is 0 Å². The van der Waals surface area contributed by atoms with E-state index in [0.717, 1.165) is 5.39 Å². The molecule has 1 fully saturated rings. The molecule has 0 radical (unpaired) electrons. The second kappa shape index (κ2) is 6.45. The van der Waals surface area contributed by atoms with Gasteiger partial charge in [-0.25, -0.2) is 14.3 Å². The van der Waals surface area contributed by atoms with Gasteiger partial charge >= 0.3 is 6.03 Å². The van der Waals surface area contributed by atoms with Crippen LogP contribution in [-0.2, 0) is 0 Å². The number of phenolic OH excluding ortho intramolecular Hbond substituents is 1. The molecule has 1 aliphatic rings. The van der Waals surface area contributed by atoms with Gasteiger partial charge in [0.15, 0.2) is 11.4 Å². The largest absolute Gasteiger partial charge is 0.508 e. The lowest BCUT2D eigenvalue weighted by molar-refractivity contribution is 0.200. The summed E-state index contributed by atoms with van der Waals surface area (Å²) in [6.45, 7) is 2.19. The summed E-state index contributed by atoms with van der Waals surface area (Å²) in [5.74, 6) is 1.20. The van der Waals surface area contributed by atoms with E-state index in [4.69, 9.17) is 9.15 Å². The molecule has 9 nitrogen and oxygen atoms in total. The molecule has 0 unspecified atom stereocenters. The number of furan rings is 1. The third-order valence-electron chi connectivity index (χ3n) is 4.65. The number of fused-ring (bicyclic) bond motifs is 2. The van der Waals surface area contributed by atoms with Gasteiger partial charge in [-0.05, 0) is 30.3 Å². The molecule has 2 N–H and O–H groups in total. The normalized spacial score (nSPS) is 14.1. The molecule has 2 amide bonds. The van der Waals surface area contributed by atoms with Crippen LogP contribution in [-0.4, -0.2) is 56.9 Å². The highest BCUT2D eigenvalue weighted by molar-refractivity contribution is 5.83. The van der Waals surface area contributed by atoms with Crippen molar-refractivity contribution in [2.45, 2.75) is 0 Å².